The lowest BCUT2D eigenvalue weighted by Gasteiger charge is -2.29. The van der Waals surface area contributed by atoms with Gasteiger partial charge in [-0.1, -0.05) is 29.3 Å². The van der Waals surface area contributed by atoms with Crippen LogP contribution in [-0.2, 0) is 26.6 Å². The summed E-state index contributed by atoms with van der Waals surface area (Å²) < 4.78 is 13.9. The van der Waals surface area contributed by atoms with Crippen molar-refractivity contribution in [2.24, 2.45) is 5.90 Å². The Morgan fingerprint density at radius 2 is 2.32 bits per heavy atom. The van der Waals surface area contributed by atoms with Crippen LogP contribution in [0.4, 0.5) is 0 Å². The Bertz CT molecular complexity index is 638. The van der Waals surface area contributed by atoms with E-state index in [9.17, 15) is 0 Å². The first-order valence-corrected chi connectivity index (χ1v) is 7.43. The second-order valence-electron chi connectivity index (χ2n) is 5.00. The van der Waals surface area contributed by atoms with Crippen molar-refractivity contribution in [3.63, 3.8) is 0 Å². The molecule has 1 saturated heterocycles. The molecule has 6 nitrogen and oxygen atoms in total. The molecule has 0 spiro atoms. The van der Waals surface area contributed by atoms with E-state index in [2.05, 4.69) is 9.82 Å². The summed E-state index contributed by atoms with van der Waals surface area (Å²) in [5, 5.41) is 1.02. The van der Waals surface area contributed by atoms with Crippen molar-refractivity contribution < 1.29 is 14.3 Å². The van der Waals surface area contributed by atoms with Gasteiger partial charge in [-0.15, -0.1) is 0 Å². The van der Waals surface area contributed by atoms with Gasteiger partial charge in [0.2, 0.25) is 5.79 Å². The zero-order chi connectivity index (χ0) is 15.6. The van der Waals surface area contributed by atoms with Crippen LogP contribution in [0.1, 0.15) is 5.56 Å². The second kappa shape index (κ2) is 6.54. The predicted octanol–water partition coefficient (Wildman–Crippen LogP) is 2.35. The molecule has 8 heteroatoms. The van der Waals surface area contributed by atoms with Crippen molar-refractivity contribution in [3.8, 4) is 0 Å². The molecule has 0 bridgehead atoms. The lowest BCUT2D eigenvalue weighted by atomic mass is 10.1. The number of aromatic nitrogens is 2. The zero-order valence-electron chi connectivity index (χ0n) is 11.6. The van der Waals surface area contributed by atoms with E-state index < -0.39 is 5.79 Å². The SMILES string of the molecule is NOCC1COC(Cn2ccnc2)(c2ccc(Cl)cc2Cl)O1. The summed E-state index contributed by atoms with van der Waals surface area (Å²) in [6, 6.07) is 5.21. The Hall–Kier alpha value is -1.15. The molecule has 2 N–H and O–H groups in total. The molecule has 0 amide bonds. The van der Waals surface area contributed by atoms with E-state index in [-0.39, 0.29) is 12.7 Å². The number of halogens is 2. The minimum atomic E-state index is -1.04. The maximum atomic E-state index is 6.34. The molecule has 1 aliphatic rings. The van der Waals surface area contributed by atoms with Crippen LogP contribution in [0.2, 0.25) is 10.0 Å². The lowest BCUT2D eigenvalue weighted by Crippen LogP contribution is -2.34. The number of hydrogen-bond acceptors (Lipinski definition) is 5. The Labute approximate surface area is 137 Å². The van der Waals surface area contributed by atoms with Crippen LogP contribution in [0.5, 0.6) is 0 Å². The van der Waals surface area contributed by atoms with Gasteiger partial charge in [-0.2, -0.15) is 0 Å². The van der Waals surface area contributed by atoms with E-state index in [0.717, 1.165) is 0 Å². The lowest BCUT2D eigenvalue weighted by molar-refractivity contribution is -0.191. The predicted molar refractivity (Wildman–Crippen MR) is 81.3 cm³/mol. The van der Waals surface area contributed by atoms with Gasteiger partial charge in [0.15, 0.2) is 0 Å². The quantitative estimate of drug-likeness (QED) is 0.843. The van der Waals surface area contributed by atoms with Crippen LogP contribution >= 0.6 is 23.2 Å². The van der Waals surface area contributed by atoms with Crippen molar-refractivity contribution in [1.82, 2.24) is 9.55 Å². The number of rotatable bonds is 5. The first kappa shape index (κ1) is 15.7. The van der Waals surface area contributed by atoms with Gasteiger partial charge >= 0.3 is 0 Å². The average molecular weight is 344 g/mol. The highest BCUT2D eigenvalue weighted by atomic mass is 35.5. The largest absolute Gasteiger partial charge is 0.342 e. The highest BCUT2D eigenvalue weighted by Crippen LogP contribution is 2.40. The fourth-order valence-corrected chi connectivity index (χ4v) is 3.04. The van der Waals surface area contributed by atoms with E-state index in [1.807, 2.05) is 10.8 Å². The van der Waals surface area contributed by atoms with E-state index in [0.29, 0.717) is 28.8 Å². The fraction of sp³-hybridized carbons (Fsp3) is 0.357. The third-order valence-electron chi connectivity index (χ3n) is 3.43. The van der Waals surface area contributed by atoms with Gasteiger partial charge in [0.05, 0.1) is 31.1 Å². The van der Waals surface area contributed by atoms with Gasteiger partial charge in [0, 0.05) is 23.0 Å². The molecule has 0 radical (unpaired) electrons. The minimum absolute atomic E-state index is 0.233. The standard InChI is InChI=1S/C14H15Cl2N3O3/c15-10-1-2-12(13(16)5-10)14(8-19-4-3-18-9-19)20-6-11(22-14)7-21-17/h1-5,9,11H,6-8,17H2. The van der Waals surface area contributed by atoms with Gasteiger partial charge in [0.1, 0.15) is 6.10 Å². The Balaban J connectivity index is 1.96. The number of nitrogens with two attached hydrogens (primary N) is 1. The van der Waals surface area contributed by atoms with E-state index in [1.54, 1.807) is 30.7 Å². The van der Waals surface area contributed by atoms with E-state index in [4.69, 9.17) is 38.6 Å². The van der Waals surface area contributed by atoms with Crippen molar-refractivity contribution in [2.75, 3.05) is 13.2 Å². The first-order chi connectivity index (χ1) is 10.6. The van der Waals surface area contributed by atoms with E-state index in [1.165, 1.54) is 0 Å². The molecule has 0 saturated carbocycles. The first-order valence-electron chi connectivity index (χ1n) is 6.68. The van der Waals surface area contributed by atoms with Crippen LogP contribution in [0.3, 0.4) is 0 Å². The summed E-state index contributed by atoms with van der Waals surface area (Å²) in [6.45, 7) is 0.983. The van der Waals surface area contributed by atoms with Gasteiger partial charge in [-0.05, 0) is 12.1 Å². The smallest absolute Gasteiger partial charge is 0.215 e. The number of hydrogen-bond donors (Lipinski definition) is 1. The normalized spacial score (nSPS) is 24.8. The second-order valence-corrected chi connectivity index (χ2v) is 5.84. The molecule has 1 fully saturated rings. The molecule has 1 aliphatic heterocycles. The van der Waals surface area contributed by atoms with Crippen molar-refractivity contribution in [3.05, 3.63) is 52.5 Å². The Morgan fingerprint density at radius 1 is 1.45 bits per heavy atom. The summed E-state index contributed by atoms with van der Waals surface area (Å²) in [6.07, 6.45) is 4.92. The summed E-state index contributed by atoms with van der Waals surface area (Å²) in [7, 11) is 0. The summed E-state index contributed by atoms with van der Waals surface area (Å²) in [5.41, 5.74) is 0.701. The molecule has 1 aromatic heterocycles. The molecule has 2 heterocycles. The number of benzene rings is 1. The number of ether oxygens (including phenoxy) is 2. The highest BCUT2D eigenvalue weighted by Gasteiger charge is 2.45. The molecule has 2 atom stereocenters. The van der Waals surface area contributed by atoms with Crippen LogP contribution in [0.25, 0.3) is 0 Å². The van der Waals surface area contributed by atoms with Gasteiger partial charge in [-0.3, -0.25) is 0 Å². The summed E-state index contributed by atoms with van der Waals surface area (Å²) >= 11 is 12.3. The highest BCUT2D eigenvalue weighted by molar-refractivity contribution is 6.35. The third-order valence-corrected chi connectivity index (χ3v) is 3.98. The minimum Gasteiger partial charge on any atom is -0.342 e. The monoisotopic (exact) mass is 343 g/mol. The van der Waals surface area contributed by atoms with Gasteiger partial charge < -0.3 is 18.9 Å². The maximum Gasteiger partial charge on any atom is 0.215 e. The van der Waals surface area contributed by atoms with Crippen LogP contribution in [-0.4, -0.2) is 28.9 Å². The molecule has 22 heavy (non-hydrogen) atoms. The summed E-state index contributed by atoms with van der Waals surface area (Å²) in [5.74, 6) is 4.09. The average Bonchev–Trinajstić information content (AvgIpc) is 3.10. The maximum absolute atomic E-state index is 6.34. The molecule has 0 aliphatic carbocycles. The zero-order valence-corrected chi connectivity index (χ0v) is 13.1. The Kier molecular flexibility index (Phi) is 4.67. The van der Waals surface area contributed by atoms with Crippen molar-refractivity contribution in [1.29, 1.82) is 0 Å². The van der Waals surface area contributed by atoms with Crippen LogP contribution < -0.4 is 5.90 Å². The topological polar surface area (TPSA) is 71.5 Å². The van der Waals surface area contributed by atoms with E-state index >= 15 is 0 Å². The fourth-order valence-electron chi connectivity index (χ4n) is 2.48. The van der Waals surface area contributed by atoms with Crippen LogP contribution in [0.15, 0.2) is 36.9 Å². The number of nitrogens with zero attached hydrogens (tertiary/aromatic N) is 2. The number of imidazole rings is 1. The van der Waals surface area contributed by atoms with Crippen molar-refractivity contribution in [2.45, 2.75) is 18.4 Å². The molecule has 2 aromatic rings. The molecule has 2 unspecified atom stereocenters. The third kappa shape index (κ3) is 3.12. The summed E-state index contributed by atoms with van der Waals surface area (Å²) in [4.78, 5) is 8.70. The molecular formula is C14H15Cl2N3O3. The Morgan fingerprint density at radius 3 is 3.00 bits per heavy atom. The molecule has 118 valence electrons. The van der Waals surface area contributed by atoms with Gasteiger partial charge in [0.25, 0.3) is 0 Å². The van der Waals surface area contributed by atoms with Gasteiger partial charge in [-0.25, -0.2) is 10.9 Å². The molecule has 1 aromatic carbocycles. The molecule has 3 rings (SSSR count). The van der Waals surface area contributed by atoms with Crippen LogP contribution in [0, 0.1) is 0 Å². The molecular weight excluding hydrogens is 329 g/mol. The van der Waals surface area contributed by atoms with Crippen molar-refractivity contribution >= 4 is 23.2 Å².